The number of esters is 1. The van der Waals surface area contributed by atoms with Gasteiger partial charge >= 0.3 is 11.9 Å². The number of hydrogen-bond acceptors (Lipinski definition) is 5. The second kappa shape index (κ2) is 4.56. The van der Waals surface area contributed by atoms with Crippen LogP contribution in [0.25, 0.3) is 0 Å². The van der Waals surface area contributed by atoms with Gasteiger partial charge in [0.25, 0.3) is 5.91 Å². The molecule has 1 heterocycles. The van der Waals surface area contributed by atoms with E-state index in [1.54, 1.807) is 20.8 Å². The zero-order chi connectivity index (χ0) is 14.1. The van der Waals surface area contributed by atoms with Crippen LogP contribution in [-0.4, -0.2) is 52.1 Å². The monoisotopic (exact) mass is 258 g/mol. The number of rotatable bonds is 3. The average molecular weight is 258 g/mol. The molecule has 0 aromatic carbocycles. The molecule has 18 heavy (non-hydrogen) atoms. The molecular weight excluding hydrogens is 240 g/mol. The number of ether oxygens (including phenoxy) is 1. The number of hydrogen-bond donors (Lipinski definition) is 2. The van der Waals surface area contributed by atoms with E-state index in [4.69, 9.17) is 15.6 Å². The third kappa shape index (κ3) is 2.98. The summed E-state index contributed by atoms with van der Waals surface area (Å²) in [5.41, 5.74) is 3.25. The molecule has 0 unspecified atom stereocenters. The highest BCUT2D eigenvalue weighted by atomic mass is 16.6. The summed E-state index contributed by atoms with van der Waals surface area (Å²) in [5, 5.41) is 8.64. The molecule has 7 nitrogen and oxygen atoms in total. The van der Waals surface area contributed by atoms with Crippen LogP contribution in [0.4, 0.5) is 0 Å². The first-order chi connectivity index (χ1) is 8.06. The normalized spacial score (nSPS) is 24.2. The van der Waals surface area contributed by atoms with Crippen LogP contribution < -0.4 is 5.73 Å². The Morgan fingerprint density at radius 2 is 2.06 bits per heavy atom. The molecule has 0 aromatic rings. The summed E-state index contributed by atoms with van der Waals surface area (Å²) in [7, 11) is 0. The Morgan fingerprint density at radius 1 is 1.50 bits per heavy atom. The van der Waals surface area contributed by atoms with Crippen molar-refractivity contribution in [2.24, 2.45) is 5.73 Å². The molecule has 1 aliphatic heterocycles. The number of likely N-dealkylation sites (tertiary alicyclic amines) is 1. The number of amides is 1. The minimum absolute atomic E-state index is 0.0635. The van der Waals surface area contributed by atoms with Gasteiger partial charge in [-0.1, -0.05) is 0 Å². The fraction of sp³-hybridized carbons (Fsp3) is 0.727. The van der Waals surface area contributed by atoms with Gasteiger partial charge in [-0.2, -0.15) is 0 Å². The lowest BCUT2D eigenvalue weighted by Gasteiger charge is -2.26. The van der Waals surface area contributed by atoms with Crippen LogP contribution in [0, 0.1) is 0 Å². The van der Waals surface area contributed by atoms with Crippen molar-refractivity contribution >= 4 is 17.8 Å². The fourth-order valence-corrected chi connectivity index (χ4v) is 1.67. The second-order valence-corrected chi connectivity index (χ2v) is 5.34. The summed E-state index contributed by atoms with van der Waals surface area (Å²) in [4.78, 5) is 35.4. The van der Waals surface area contributed by atoms with E-state index in [0.29, 0.717) is 0 Å². The summed E-state index contributed by atoms with van der Waals surface area (Å²) in [6.07, 6.45) is 0.0635. The van der Waals surface area contributed by atoms with Crippen LogP contribution >= 0.6 is 0 Å². The van der Waals surface area contributed by atoms with Gasteiger partial charge in [-0.15, -0.1) is 0 Å². The molecular formula is C11H18N2O5. The molecule has 1 rings (SSSR count). The van der Waals surface area contributed by atoms with Gasteiger partial charge < -0.3 is 20.5 Å². The smallest absolute Gasteiger partial charge is 0.336 e. The molecule has 102 valence electrons. The molecule has 0 aromatic heterocycles. The number of carboxylic acid groups (broad SMARTS) is 1. The topological polar surface area (TPSA) is 110 Å². The van der Waals surface area contributed by atoms with Crippen LogP contribution in [-0.2, 0) is 19.1 Å². The number of nitrogens with two attached hydrogens (primary N) is 1. The number of carbonyl (C=O) groups is 3. The molecule has 0 bridgehead atoms. The third-order valence-corrected chi connectivity index (χ3v) is 2.53. The summed E-state index contributed by atoms with van der Waals surface area (Å²) in [6.45, 7) is 4.69. The van der Waals surface area contributed by atoms with Crippen molar-refractivity contribution < 1.29 is 24.2 Å². The Labute approximate surface area is 105 Å². The SMILES string of the molecule is CC(C)(C)OC(=O)[C@]1(N)CCN(CC(=O)O)C1=O. The van der Waals surface area contributed by atoms with E-state index < -0.39 is 35.5 Å². The maximum Gasteiger partial charge on any atom is 0.336 e. The van der Waals surface area contributed by atoms with E-state index in [0.717, 1.165) is 4.90 Å². The van der Waals surface area contributed by atoms with Crippen molar-refractivity contribution in [2.75, 3.05) is 13.1 Å². The van der Waals surface area contributed by atoms with E-state index in [-0.39, 0.29) is 13.0 Å². The first kappa shape index (κ1) is 14.4. The Morgan fingerprint density at radius 3 is 2.50 bits per heavy atom. The van der Waals surface area contributed by atoms with Crippen molar-refractivity contribution in [3.8, 4) is 0 Å². The van der Waals surface area contributed by atoms with E-state index in [1.807, 2.05) is 0 Å². The maximum atomic E-state index is 11.9. The Bertz CT molecular complexity index is 387. The zero-order valence-electron chi connectivity index (χ0n) is 10.7. The lowest BCUT2D eigenvalue weighted by molar-refractivity contribution is -0.165. The van der Waals surface area contributed by atoms with Crippen LogP contribution in [0.15, 0.2) is 0 Å². The average Bonchev–Trinajstić information content (AvgIpc) is 2.44. The standard InChI is InChI=1S/C11H18N2O5/c1-10(2,3)18-9(17)11(12)4-5-13(8(11)16)6-7(14)15/h4-6,12H2,1-3H3,(H,14,15)/t11-/m0/s1. The van der Waals surface area contributed by atoms with Gasteiger partial charge in [-0.3, -0.25) is 9.59 Å². The van der Waals surface area contributed by atoms with Gasteiger partial charge in [0.2, 0.25) is 0 Å². The molecule has 7 heteroatoms. The molecule has 1 aliphatic rings. The molecule has 1 amide bonds. The van der Waals surface area contributed by atoms with Gasteiger partial charge in [-0.25, -0.2) is 4.79 Å². The summed E-state index contributed by atoms with van der Waals surface area (Å²) in [6, 6.07) is 0. The molecule has 0 aliphatic carbocycles. The van der Waals surface area contributed by atoms with E-state index in [1.165, 1.54) is 0 Å². The highest BCUT2D eigenvalue weighted by Gasteiger charge is 2.52. The van der Waals surface area contributed by atoms with Gasteiger partial charge in [-0.05, 0) is 20.8 Å². The first-order valence-corrected chi connectivity index (χ1v) is 5.60. The van der Waals surface area contributed by atoms with Crippen molar-refractivity contribution in [1.29, 1.82) is 0 Å². The lowest BCUT2D eigenvalue weighted by Crippen LogP contribution is -2.56. The fourth-order valence-electron chi connectivity index (χ4n) is 1.67. The number of nitrogens with zero attached hydrogens (tertiary/aromatic N) is 1. The van der Waals surface area contributed by atoms with Crippen LogP contribution in [0.2, 0.25) is 0 Å². The largest absolute Gasteiger partial charge is 0.480 e. The van der Waals surface area contributed by atoms with Crippen molar-refractivity contribution in [2.45, 2.75) is 38.3 Å². The summed E-state index contributed by atoms with van der Waals surface area (Å²) in [5.74, 6) is -2.65. The molecule has 0 saturated carbocycles. The molecule has 0 radical (unpaired) electrons. The van der Waals surface area contributed by atoms with E-state index in [9.17, 15) is 14.4 Å². The van der Waals surface area contributed by atoms with Gasteiger partial charge in [0, 0.05) is 13.0 Å². The molecule has 1 atom stereocenters. The van der Waals surface area contributed by atoms with Gasteiger partial charge in [0.15, 0.2) is 5.54 Å². The van der Waals surface area contributed by atoms with E-state index >= 15 is 0 Å². The van der Waals surface area contributed by atoms with Crippen LogP contribution in [0.5, 0.6) is 0 Å². The Kier molecular flexibility index (Phi) is 3.66. The zero-order valence-corrected chi connectivity index (χ0v) is 10.7. The van der Waals surface area contributed by atoms with Gasteiger partial charge in [0.05, 0.1) is 0 Å². The highest BCUT2D eigenvalue weighted by Crippen LogP contribution is 2.24. The lowest BCUT2D eigenvalue weighted by atomic mass is 9.99. The molecule has 1 saturated heterocycles. The number of carboxylic acids is 1. The Hall–Kier alpha value is -1.63. The highest BCUT2D eigenvalue weighted by molar-refractivity contribution is 6.09. The Balaban J connectivity index is 2.80. The predicted octanol–water partition coefficient (Wildman–Crippen LogP) is -0.657. The minimum atomic E-state index is -1.76. The van der Waals surface area contributed by atoms with Crippen molar-refractivity contribution in [1.82, 2.24) is 4.90 Å². The number of aliphatic carboxylic acids is 1. The second-order valence-electron chi connectivity index (χ2n) is 5.34. The van der Waals surface area contributed by atoms with Gasteiger partial charge in [0.1, 0.15) is 12.1 Å². The summed E-state index contributed by atoms with van der Waals surface area (Å²) >= 11 is 0. The number of carbonyl (C=O) groups excluding carboxylic acids is 2. The van der Waals surface area contributed by atoms with E-state index in [2.05, 4.69) is 0 Å². The van der Waals surface area contributed by atoms with Crippen molar-refractivity contribution in [3.05, 3.63) is 0 Å². The van der Waals surface area contributed by atoms with Crippen LogP contribution in [0.1, 0.15) is 27.2 Å². The maximum absolute atomic E-state index is 11.9. The third-order valence-electron chi connectivity index (χ3n) is 2.53. The first-order valence-electron chi connectivity index (χ1n) is 5.60. The molecule has 3 N–H and O–H groups in total. The summed E-state index contributed by atoms with van der Waals surface area (Å²) < 4.78 is 5.09. The molecule has 0 spiro atoms. The van der Waals surface area contributed by atoms with Crippen LogP contribution in [0.3, 0.4) is 0 Å². The van der Waals surface area contributed by atoms with Crippen molar-refractivity contribution in [3.63, 3.8) is 0 Å². The quantitative estimate of drug-likeness (QED) is 0.514. The minimum Gasteiger partial charge on any atom is -0.480 e. The molecule has 1 fully saturated rings. The predicted molar refractivity (Wildman–Crippen MR) is 61.6 cm³/mol.